The van der Waals surface area contributed by atoms with E-state index in [9.17, 15) is 19.5 Å². The molecule has 0 fully saturated rings. The highest BCUT2D eigenvalue weighted by Crippen LogP contribution is 2.24. The molecule has 0 radical (unpaired) electrons. The van der Waals surface area contributed by atoms with Crippen molar-refractivity contribution in [3.63, 3.8) is 0 Å². The molecule has 3 aromatic heterocycles. The lowest BCUT2D eigenvalue weighted by atomic mass is 10.2. The van der Waals surface area contributed by atoms with Crippen molar-refractivity contribution < 1.29 is 14.6 Å². The molecule has 0 atom stereocenters. The van der Waals surface area contributed by atoms with Crippen LogP contribution in [0.5, 0.6) is 0 Å². The molecule has 0 aliphatic carbocycles. The fourth-order valence-corrected chi connectivity index (χ4v) is 4.15. The summed E-state index contributed by atoms with van der Waals surface area (Å²) in [6.07, 6.45) is -0.330. The van der Waals surface area contributed by atoms with Crippen molar-refractivity contribution in [1.82, 2.24) is 23.3 Å². The highest BCUT2D eigenvalue weighted by molar-refractivity contribution is 5.91. The van der Waals surface area contributed by atoms with Crippen LogP contribution in [0, 0.1) is 6.92 Å². The fourth-order valence-electron chi connectivity index (χ4n) is 4.15. The number of benzene rings is 1. The number of carbonyl (C=O) groups is 1. The number of aromatic nitrogens is 5. The number of fused-ring (bicyclic) bond motifs is 2. The average Bonchev–Trinajstić information content (AvgIpc) is 3.26. The number of carbonyl (C=O) groups excluding carboxylic acids is 1. The zero-order valence-electron chi connectivity index (χ0n) is 20.2. The lowest BCUT2D eigenvalue weighted by Gasteiger charge is -2.21. The van der Waals surface area contributed by atoms with E-state index in [1.165, 1.54) is 9.13 Å². The smallest absolute Gasteiger partial charge is 0.419 e. The van der Waals surface area contributed by atoms with Gasteiger partial charge in [-0.15, -0.1) is 0 Å². The number of hydrogen-bond donors (Lipinski definition) is 1. The first-order valence-electron chi connectivity index (χ1n) is 11.0. The monoisotopic (exact) mass is 467 g/mol. The largest absolute Gasteiger partial charge is 0.443 e. The predicted octanol–water partition coefficient (Wildman–Crippen LogP) is 2.06. The van der Waals surface area contributed by atoms with Crippen LogP contribution in [0.3, 0.4) is 0 Å². The Morgan fingerprint density at radius 2 is 1.82 bits per heavy atom. The number of aryl methyl sites for hydroxylation is 3. The number of ether oxygens (including phenoxy) is 1. The fraction of sp³-hybridized carbons (Fsp3) is 0.417. The standard InChI is InChI=1S/C24H29N5O5/c1-14-7-8-17-15(11-14)12-16(29(17)23(33)34-24(2,3)4)13-28-21(31)19-20(27(6)22(28)32)25-18(9-10-30)26(19)5/h7-8,11-12,30H,9-10,13H2,1-6H3. The number of aliphatic hydroxyl groups excluding tert-OH is 1. The molecule has 0 aliphatic heterocycles. The van der Waals surface area contributed by atoms with Crippen LogP contribution in [0.25, 0.3) is 22.1 Å². The number of nitrogens with zero attached hydrogens (tertiary/aromatic N) is 5. The lowest BCUT2D eigenvalue weighted by molar-refractivity contribution is 0.0540. The summed E-state index contributed by atoms with van der Waals surface area (Å²) in [6.45, 7) is 7.02. The summed E-state index contributed by atoms with van der Waals surface area (Å²) in [5.74, 6) is 0.501. The molecular formula is C24H29N5O5. The molecule has 10 nitrogen and oxygen atoms in total. The minimum Gasteiger partial charge on any atom is -0.443 e. The maximum absolute atomic E-state index is 13.4. The van der Waals surface area contributed by atoms with Gasteiger partial charge in [0.05, 0.1) is 24.4 Å². The SMILES string of the molecule is Cc1ccc2c(c1)cc(Cn1c(=O)c3c(nc(CCO)n3C)n(C)c1=O)n2C(=O)OC(C)(C)C. The van der Waals surface area contributed by atoms with E-state index in [1.807, 2.05) is 25.1 Å². The minimum absolute atomic E-state index is 0.130. The molecule has 0 saturated carbocycles. The Bertz CT molecular complexity index is 1540. The number of hydrogen-bond acceptors (Lipinski definition) is 6. The van der Waals surface area contributed by atoms with E-state index in [2.05, 4.69) is 4.98 Å². The van der Waals surface area contributed by atoms with E-state index in [4.69, 9.17) is 4.74 Å². The number of aliphatic hydroxyl groups is 1. The van der Waals surface area contributed by atoms with Gasteiger partial charge in [0.15, 0.2) is 11.2 Å². The molecule has 0 spiro atoms. The highest BCUT2D eigenvalue weighted by atomic mass is 16.6. The summed E-state index contributed by atoms with van der Waals surface area (Å²) in [7, 11) is 3.22. The molecule has 1 N–H and O–H groups in total. The van der Waals surface area contributed by atoms with Gasteiger partial charge in [0, 0.05) is 25.9 Å². The van der Waals surface area contributed by atoms with Crippen LogP contribution in [0.15, 0.2) is 33.9 Å². The van der Waals surface area contributed by atoms with Gasteiger partial charge in [0.2, 0.25) is 0 Å². The summed E-state index contributed by atoms with van der Waals surface area (Å²) in [5.41, 5.74) is 0.804. The van der Waals surface area contributed by atoms with Gasteiger partial charge in [-0.3, -0.25) is 13.9 Å². The molecule has 3 heterocycles. The van der Waals surface area contributed by atoms with Gasteiger partial charge in [0.25, 0.3) is 5.56 Å². The zero-order chi connectivity index (χ0) is 24.9. The molecule has 0 aliphatic rings. The van der Waals surface area contributed by atoms with E-state index in [1.54, 1.807) is 45.5 Å². The third kappa shape index (κ3) is 3.94. The van der Waals surface area contributed by atoms with Crippen LogP contribution < -0.4 is 11.2 Å². The van der Waals surface area contributed by atoms with Crippen LogP contribution in [-0.4, -0.2) is 46.7 Å². The van der Waals surface area contributed by atoms with Gasteiger partial charge in [-0.2, -0.15) is 0 Å². The normalized spacial score (nSPS) is 12.1. The quantitative estimate of drug-likeness (QED) is 0.492. The van der Waals surface area contributed by atoms with Crippen molar-refractivity contribution in [2.24, 2.45) is 14.1 Å². The first-order valence-corrected chi connectivity index (χ1v) is 11.0. The van der Waals surface area contributed by atoms with E-state index >= 15 is 0 Å². The molecule has 4 rings (SSSR count). The van der Waals surface area contributed by atoms with Gasteiger partial charge in [-0.25, -0.2) is 19.1 Å². The summed E-state index contributed by atoms with van der Waals surface area (Å²) < 4.78 is 11.0. The number of rotatable bonds is 4. The van der Waals surface area contributed by atoms with Crippen molar-refractivity contribution in [2.75, 3.05) is 6.61 Å². The summed E-state index contributed by atoms with van der Waals surface area (Å²) in [4.78, 5) is 44.1. The molecular weight excluding hydrogens is 438 g/mol. The van der Waals surface area contributed by atoms with Crippen LogP contribution in [-0.2, 0) is 31.8 Å². The summed E-state index contributed by atoms with van der Waals surface area (Å²) >= 11 is 0. The minimum atomic E-state index is -0.723. The second-order valence-corrected chi connectivity index (χ2v) is 9.48. The molecule has 4 aromatic rings. The predicted molar refractivity (Wildman–Crippen MR) is 128 cm³/mol. The maximum atomic E-state index is 13.4. The van der Waals surface area contributed by atoms with Crippen molar-refractivity contribution in [3.05, 3.63) is 62.2 Å². The Labute approximate surface area is 195 Å². The molecule has 0 amide bonds. The molecule has 10 heteroatoms. The van der Waals surface area contributed by atoms with Crippen molar-refractivity contribution in [2.45, 2.75) is 46.3 Å². The average molecular weight is 468 g/mol. The lowest BCUT2D eigenvalue weighted by Crippen LogP contribution is -2.40. The van der Waals surface area contributed by atoms with Crippen LogP contribution in [0.2, 0.25) is 0 Å². The van der Waals surface area contributed by atoms with Gasteiger partial charge >= 0.3 is 11.8 Å². The first kappa shape index (κ1) is 23.5. The Hall–Kier alpha value is -3.66. The summed E-state index contributed by atoms with van der Waals surface area (Å²) in [6, 6.07) is 7.45. The third-order valence-electron chi connectivity index (χ3n) is 5.72. The zero-order valence-corrected chi connectivity index (χ0v) is 20.2. The van der Waals surface area contributed by atoms with E-state index < -0.39 is 22.9 Å². The van der Waals surface area contributed by atoms with Crippen LogP contribution >= 0.6 is 0 Å². The molecule has 0 saturated heterocycles. The topological polar surface area (TPSA) is 113 Å². The maximum Gasteiger partial charge on any atom is 0.419 e. The van der Waals surface area contributed by atoms with Crippen molar-refractivity contribution in [3.8, 4) is 0 Å². The number of imidazole rings is 1. The third-order valence-corrected chi connectivity index (χ3v) is 5.72. The van der Waals surface area contributed by atoms with Crippen molar-refractivity contribution >= 4 is 28.2 Å². The Morgan fingerprint density at radius 1 is 1.12 bits per heavy atom. The highest BCUT2D eigenvalue weighted by Gasteiger charge is 2.24. The van der Waals surface area contributed by atoms with Gasteiger partial charge < -0.3 is 14.4 Å². The molecule has 0 unspecified atom stereocenters. The molecule has 0 bridgehead atoms. The van der Waals surface area contributed by atoms with E-state index in [-0.39, 0.29) is 30.7 Å². The molecule has 180 valence electrons. The van der Waals surface area contributed by atoms with Gasteiger partial charge in [0.1, 0.15) is 11.4 Å². The van der Waals surface area contributed by atoms with E-state index in [0.717, 1.165) is 15.5 Å². The summed E-state index contributed by atoms with van der Waals surface area (Å²) in [5, 5.41) is 10.1. The second kappa shape index (κ2) is 8.28. The van der Waals surface area contributed by atoms with E-state index in [0.29, 0.717) is 17.0 Å². The van der Waals surface area contributed by atoms with Gasteiger partial charge in [-0.05, 0) is 45.9 Å². The first-order chi connectivity index (χ1) is 15.9. The van der Waals surface area contributed by atoms with Crippen LogP contribution in [0.1, 0.15) is 37.9 Å². The Morgan fingerprint density at radius 3 is 2.47 bits per heavy atom. The second-order valence-electron chi connectivity index (χ2n) is 9.48. The molecule has 1 aromatic carbocycles. The Kier molecular flexibility index (Phi) is 5.72. The molecule has 34 heavy (non-hydrogen) atoms. The van der Waals surface area contributed by atoms with Crippen LogP contribution in [0.4, 0.5) is 4.79 Å². The Balaban J connectivity index is 1.94. The van der Waals surface area contributed by atoms with Gasteiger partial charge in [-0.1, -0.05) is 11.6 Å². The van der Waals surface area contributed by atoms with Crippen molar-refractivity contribution in [1.29, 1.82) is 0 Å².